The molecule has 0 heterocycles. The molecule has 0 unspecified atom stereocenters. The molecular weight excluding hydrogens is 226 g/mol. The molecule has 0 aliphatic carbocycles. The van der Waals surface area contributed by atoms with E-state index in [0.29, 0.717) is 5.56 Å². The molecule has 0 saturated carbocycles. The molecule has 2 rings (SSSR count). The number of halogens is 2. The lowest BCUT2D eigenvalue weighted by atomic mass is 10.1. The van der Waals surface area contributed by atoms with Crippen LogP contribution in [0.4, 0.5) is 8.78 Å². The van der Waals surface area contributed by atoms with Gasteiger partial charge in [0.25, 0.3) is 0 Å². The fourth-order valence-corrected chi connectivity index (χ4v) is 1.55. The van der Waals surface area contributed by atoms with E-state index in [-0.39, 0.29) is 11.5 Å². The van der Waals surface area contributed by atoms with Crippen molar-refractivity contribution in [3.63, 3.8) is 0 Å². The highest BCUT2D eigenvalue weighted by Crippen LogP contribution is 2.29. The Hall–Kier alpha value is -2.10. The maximum absolute atomic E-state index is 12.1. The van der Waals surface area contributed by atoms with Crippen LogP contribution in [0.25, 0.3) is 11.1 Å². The number of aromatic hydroxyl groups is 1. The van der Waals surface area contributed by atoms with E-state index in [4.69, 9.17) is 0 Å². The topological polar surface area (TPSA) is 29.5 Å². The van der Waals surface area contributed by atoms with Crippen LogP contribution in [0, 0.1) is 0 Å². The quantitative estimate of drug-likeness (QED) is 0.881. The lowest BCUT2D eigenvalue weighted by molar-refractivity contribution is -0.0498. The van der Waals surface area contributed by atoms with Crippen molar-refractivity contribution in [2.75, 3.05) is 0 Å². The predicted octanol–water partition coefficient (Wildman–Crippen LogP) is 3.66. The standard InChI is InChI=1S/C13H10F2O2/c14-13(15)17-12-7-10(6-11(16)8-12)9-4-2-1-3-5-9/h1-8,13,16H. The summed E-state index contributed by atoms with van der Waals surface area (Å²) in [7, 11) is 0. The van der Waals surface area contributed by atoms with Crippen LogP contribution in [0.1, 0.15) is 0 Å². The molecule has 2 aromatic carbocycles. The fourth-order valence-electron chi connectivity index (χ4n) is 1.55. The van der Waals surface area contributed by atoms with Gasteiger partial charge in [0.2, 0.25) is 0 Å². The number of phenols is 1. The molecule has 2 nitrogen and oxygen atoms in total. The smallest absolute Gasteiger partial charge is 0.387 e. The zero-order chi connectivity index (χ0) is 12.3. The molecule has 0 bridgehead atoms. The summed E-state index contributed by atoms with van der Waals surface area (Å²) < 4.78 is 28.4. The van der Waals surface area contributed by atoms with Crippen LogP contribution in [0.3, 0.4) is 0 Å². The summed E-state index contributed by atoms with van der Waals surface area (Å²) in [5.41, 5.74) is 1.45. The molecule has 88 valence electrons. The van der Waals surface area contributed by atoms with Gasteiger partial charge in [-0.1, -0.05) is 30.3 Å². The number of phenolic OH excluding ortho intramolecular Hbond substituents is 1. The molecule has 17 heavy (non-hydrogen) atoms. The van der Waals surface area contributed by atoms with Crippen LogP contribution in [0.2, 0.25) is 0 Å². The van der Waals surface area contributed by atoms with Crippen LogP contribution < -0.4 is 4.74 Å². The molecule has 0 amide bonds. The number of alkyl halides is 2. The maximum atomic E-state index is 12.1. The normalized spacial score (nSPS) is 10.5. The third-order valence-electron chi connectivity index (χ3n) is 2.22. The highest BCUT2D eigenvalue weighted by Gasteiger charge is 2.07. The minimum Gasteiger partial charge on any atom is -0.508 e. The highest BCUT2D eigenvalue weighted by molar-refractivity contribution is 5.66. The van der Waals surface area contributed by atoms with Gasteiger partial charge in [-0.25, -0.2) is 0 Å². The highest BCUT2D eigenvalue weighted by atomic mass is 19.3. The van der Waals surface area contributed by atoms with Gasteiger partial charge in [0, 0.05) is 6.07 Å². The summed E-state index contributed by atoms with van der Waals surface area (Å²) >= 11 is 0. The SMILES string of the molecule is Oc1cc(OC(F)F)cc(-c2ccccc2)c1. The lowest BCUT2D eigenvalue weighted by Gasteiger charge is -2.08. The van der Waals surface area contributed by atoms with Gasteiger partial charge in [-0.15, -0.1) is 0 Å². The minimum atomic E-state index is -2.90. The summed E-state index contributed by atoms with van der Waals surface area (Å²) in [6.07, 6.45) is 0. The van der Waals surface area contributed by atoms with Crippen molar-refractivity contribution in [2.45, 2.75) is 6.61 Å². The monoisotopic (exact) mass is 236 g/mol. The molecule has 2 aromatic rings. The zero-order valence-electron chi connectivity index (χ0n) is 8.81. The van der Waals surface area contributed by atoms with E-state index in [1.807, 2.05) is 30.3 Å². The number of ether oxygens (including phenoxy) is 1. The second kappa shape index (κ2) is 4.82. The second-order valence-electron chi connectivity index (χ2n) is 3.46. The molecule has 0 aliphatic heterocycles. The number of hydrogen-bond donors (Lipinski definition) is 1. The van der Waals surface area contributed by atoms with Crippen molar-refractivity contribution in [1.82, 2.24) is 0 Å². The number of hydrogen-bond acceptors (Lipinski definition) is 2. The molecule has 0 aliphatic rings. The molecule has 0 aromatic heterocycles. The molecule has 0 saturated heterocycles. The average Bonchev–Trinajstić information content (AvgIpc) is 2.28. The van der Waals surface area contributed by atoms with Gasteiger partial charge in [0.05, 0.1) is 0 Å². The van der Waals surface area contributed by atoms with E-state index >= 15 is 0 Å². The van der Waals surface area contributed by atoms with Gasteiger partial charge in [0.1, 0.15) is 11.5 Å². The van der Waals surface area contributed by atoms with Gasteiger partial charge in [-0.3, -0.25) is 0 Å². The Morgan fingerprint density at radius 3 is 2.29 bits per heavy atom. The average molecular weight is 236 g/mol. The van der Waals surface area contributed by atoms with Gasteiger partial charge in [0.15, 0.2) is 0 Å². The largest absolute Gasteiger partial charge is 0.508 e. The fraction of sp³-hybridized carbons (Fsp3) is 0.0769. The Balaban J connectivity index is 2.38. The van der Waals surface area contributed by atoms with Gasteiger partial charge >= 0.3 is 6.61 Å². The van der Waals surface area contributed by atoms with Crippen molar-refractivity contribution in [3.05, 3.63) is 48.5 Å². The van der Waals surface area contributed by atoms with E-state index < -0.39 is 6.61 Å². The Morgan fingerprint density at radius 2 is 1.65 bits per heavy atom. The molecule has 0 fully saturated rings. The molecule has 0 radical (unpaired) electrons. The first-order chi connectivity index (χ1) is 8.15. The zero-order valence-corrected chi connectivity index (χ0v) is 8.81. The summed E-state index contributed by atoms with van der Waals surface area (Å²) in [6, 6.07) is 13.2. The summed E-state index contributed by atoms with van der Waals surface area (Å²) in [5.74, 6) is -0.166. The second-order valence-corrected chi connectivity index (χ2v) is 3.46. The summed E-state index contributed by atoms with van der Waals surface area (Å²) in [5, 5.41) is 9.44. The first-order valence-corrected chi connectivity index (χ1v) is 4.99. The van der Waals surface area contributed by atoms with Crippen LogP contribution in [-0.2, 0) is 0 Å². The van der Waals surface area contributed by atoms with Gasteiger partial charge < -0.3 is 9.84 Å². The molecule has 1 N–H and O–H groups in total. The Morgan fingerprint density at radius 1 is 0.941 bits per heavy atom. The summed E-state index contributed by atoms with van der Waals surface area (Å²) in [6.45, 7) is -2.90. The first kappa shape index (κ1) is 11.4. The van der Waals surface area contributed by atoms with E-state index in [9.17, 15) is 13.9 Å². The minimum absolute atomic E-state index is 0.0566. The van der Waals surface area contributed by atoms with Crippen molar-refractivity contribution < 1.29 is 18.6 Å². The van der Waals surface area contributed by atoms with E-state index in [2.05, 4.69) is 4.74 Å². The van der Waals surface area contributed by atoms with Gasteiger partial charge in [-0.05, 0) is 23.3 Å². The van der Waals surface area contributed by atoms with Crippen molar-refractivity contribution in [1.29, 1.82) is 0 Å². The van der Waals surface area contributed by atoms with Crippen LogP contribution in [0.15, 0.2) is 48.5 Å². The number of benzene rings is 2. The first-order valence-electron chi connectivity index (χ1n) is 4.99. The predicted molar refractivity (Wildman–Crippen MR) is 60.2 cm³/mol. The molecular formula is C13H10F2O2. The van der Waals surface area contributed by atoms with Crippen LogP contribution >= 0.6 is 0 Å². The third kappa shape index (κ3) is 2.93. The van der Waals surface area contributed by atoms with Gasteiger partial charge in [-0.2, -0.15) is 8.78 Å². The lowest BCUT2D eigenvalue weighted by Crippen LogP contribution is -2.01. The van der Waals surface area contributed by atoms with Crippen molar-refractivity contribution in [2.24, 2.45) is 0 Å². The summed E-state index contributed by atoms with van der Waals surface area (Å²) in [4.78, 5) is 0. The van der Waals surface area contributed by atoms with E-state index in [0.717, 1.165) is 11.6 Å². The van der Waals surface area contributed by atoms with Crippen molar-refractivity contribution >= 4 is 0 Å². The van der Waals surface area contributed by atoms with Crippen LogP contribution in [-0.4, -0.2) is 11.7 Å². The third-order valence-corrected chi connectivity index (χ3v) is 2.22. The van der Waals surface area contributed by atoms with Crippen LogP contribution in [0.5, 0.6) is 11.5 Å². The molecule has 0 atom stereocenters. The Labute approximate surface area is 97.1 Å². The number of rotatable bonds is 3. The molecule has 0 spiro atoms. The van der Waals surface area contributed by atoms with E-state index in [1.165, 1.54) is 12.1 Å². The van der Waals surface area contributed by atoms with E-state index in [1.54, 1.807) is 0 Å². The Bertz CT molecular complexity index is 498. The maximum Gasteiger partial charge on any atom is 0.387 e. The molecule has 4 heteroatoms. The Kier molecular flexibility index (Phi) is 3.23. The van der Waals surface area contributed by atoms with Crippen molar-refractivity contribution in [3.8, 4) is 22.6 Å².